The van der Waals surface area contributed by atoms with Crippen molar-refractivity contribution in [2.75, 3.05) is 5.32 Å². The molecule has 0 radical (unpaired) electrons. The maximum Gasteiger partial charge on any atom is 0.435 e. The molecule has 2 aromatic rings. The highest BCUT2D eigenvalue weighted by atomic mass is 19.4. The van der Waals surface area contributed by atoms with Crippen molar-refractivity contribution in [3.8, 4) is 0 Å². The topological polar surface area (TPSA) is 75.6 Å². The Balaban J connectivity index is 1.63. The number of hydrogen-bond acceptors (Lipinski definition) is 3. The largest absolute Gasteiger partial charge is 0.435 e. The Hall–Kier alpha value is -2.32. The van der Waals surface area contributed by atoms with Crippen LogP contribution in [0.25, 0.3) is 0 Å². The highest BCUT2D eigenvalue weighted by Crippen LogP contribution is 2.32. The standard InChI is InChI=1S/C16H20F3N5O/c1-10(24-8-7-13(23-24)16(17,18)19)15(25)20-14-9-12(21-22-14)11-5-3-2-4-6-11/h7-11H,2-6H2,1H3,(H2,20,21,22,25). The van der Waals surface area contributed by atoms with Crippen LogP contribution in [0.3, 0.4) is 0 Å². The summed E-state index contributed by atoms with van der Waals surface area (Å²) < 4.78 is 38.8. The summed E-state index contributed by atoms with van der Waals surface area (Å²) in [6.07, 6.45) is 2.42. The van der Waals surface area contributed by atoms with Gasteiger partial charge in [-0.2, -0.15) is 23.4 Å². The molecule has 1 fully saturated rings. The van der Waals surface area contributed by atoms with Gasteiger partial charge in [0.1, 0.15) is 6.04 Å². The number of carbonyl (C=O) groups is 1. The molecule has 0 aromatic carbocycles. The Morgan fingerprint density at radius 3 is 2.72 bits per heavy atom. The predicted octanol–water partition coefficient (Wildman–Crippen LogP) is 3.87. The van der Waals surface area contributed by atoms with E-state index in [0.717, 1.165) is 35.5 Å². The summed E-state index contributed by atoms with van der Waals surface area (Å²) >= 11 is 0. The fraction of sp³-hybridized carbons (Fsp3) is 0.562. The fourth-order valence-corrected chi connectivity index (χ4v) is 3.08. The Bertz CT molecular complexity index is 730. The van der Waals surface area contributed by atoms with Gasteiger partial charge in [0, 0.05) is 23.9 Å². The maximum absolute atomic E-state index is 12.6. The Morgan fingerprint density at radius 2 is 2.08 bits per heavy atom. The summed E-state index contributed by atoms with van der Waals surface area (Å²) in [5.74, 6) is 0.323. The average Bonchev–Trinajstić information content (AvgIpc) is 3.24. The molecule has 2 aromatic heterocycles. The molecule has 136 valence electrons. The van der Waals surface area contributed by atoms with Gasteiger partial charge in [0.05, 0.1) is 0 Å². The lowest BCUT2D eigenvalue weighted by molar-refractivity contribution is -0.141. The SMILES string of the molecule is CC(C(=O)Nc1cc(C2CCCCC2)[nH]n1)n1ccc(C(F)(F)F)n1. The van der Waals surface area contributed by atoms with Gasteiger partial charge in [0.15, 0.2) is 11.5 Å². The number of hydrogen-bond donors (Lipinski definition) is 2. The van der Waals surface area contributed by atoms with E-state index in [1.54, 1.807) is 6.07 Å². The molecule has 1 amide bonds. The summed E-state index contributed by atoms with van der Waals surface area (Å²) in [7, 11) is 0. The number of alkyl halides is 3. The van der Waals surface area contributed by atoms with Crippen LogP contribution in [-0.2, 0) is 11.0 Å². The first-order chi connectivity index (χ1) is 11.8. The molecule has 1 aliphatic rings. The molecule has 9 heteroatoms. The number of rotatable bonds is 4. The third kappa shape index (κ3) is 4.02. The molecule has 3 rings (SSSR count). The van der Waals surface area contributed by atoms with E-state index in [1.807, 2.05) is 0 Å². The van der Waals surface area contributed by atoms with Gasteiger partial charge in [-0.25, -0.2) is 0 Å². The summed E-state index contributed by atoms with van der Waals surface area (Å²) in [5.41, 5.74) is -0.0346. The molecular formula is C16H20F3N5O. The Kier molecular flexibility index (Phi) is 4.82. The minimum Gasteiger partial charge on any atom is -0.307 e. The normalized spacial score (nSPS) is 17.4. The first-order valence-corrected chi connectivity index (χ1v) is 8.33. The first-order valence-electron chi connectivity index (χ1n) is 8.33. The minimum atomic E-state index is -4.53. The molecule has 0 spiro atoms. The molecule has 0 aliphatic heterocycles. The molecule has 0 bridgehead atoms. The molecular weight excluding hydrogens is 335 g/mol. The number of nitrogens with one attached hydrogen (secondary N) is 2. The maximum atomic E-state index is 12.6. The van der Waals surface area contributed by atoms with Crippen molar-refractivity contribution in [1.82, 2.24) is 20.0 Å². The van der Waals surface area contributed by atoms with Crippen LogP contribution in [0, 0.1) is 0 Å². The second-order valence-corrected chi connectivity index (χ2v) is 6.39. The van der Waals surface area contributed by atoms with Crippen LogP contribution in [0.2, 0.25) is 0 Å². The number of aromatic amines is 1. The van der Waals surface area contributed by atoms with E-state index < -0.39 is 23.8 Å². The van der Waals surface area contributed by atoms with Crippen LogP contribution in [0.15, 0.2) is 18.3 Å². The summed E-state index contributed by atoms with van der Waals surface area (Å²) in [6, 6.07) is 1.76. The van der Waals surface area contributed by atoms with Crippen LogP contribution in [-0.4, -0.2) is 25.9 Å². The molecule has 1 atom stereocenters. The summed E-state index contributed by atoms with van der Waals surface area (Å²) in [4.78, 5) is 12.3. The second-order valence-electron chi connectivity index (χ2n) is 6.39. The van der Waals surface area contributed by atoms with Crippen molar-refractivity contribution < 1.29 is 18.0 Å². The molecule has 6 nitrogen and oxygen atoms in total. The number of nitrogens with zero attached hydrogens (tertiary/aromatic N) is 3. The number of anilines is 1. The van der Waals surface area contributed by atoms with Crippen LogP contribution in [0.5, 0.6) is 0 Å². The van der Waals surface area contributed by atoms with Gasteiger partial charge in [0.2, 0.25) is 5.91 Å². The van der Waals surface area contributed by atoms with Gasteiger partial charge in [-0.1, -0.05) is 19.3 Å². The van der Waals surface area contributed by atoms with Gasteiger partial charge >= 0.3 is 6.18 Å². The van der Waals surface area contributed by atoms with Gasteiger partial charge < -0.3 is 5.32 Å². The lowest BCUT2D eigenvalue weighted by Gasteiger charge is -2.19. The third-order valence-corrected chi connectivity index (χ3v) is 4.57. The molecule has 2 heterocycles. The van der Waals surface area contributed by atoms with Crippen LogP contribution >= 0.6 is 0 Å². The van der Waals surface area contributed by atoms with Crippen molar-refractivity contribution in [2.45, 2.75) is 57.2 Å². The van der Waals surface area contributed by atoms with E-state index in [1.165, 1.54) is 26.2 Å². The monoisotopic (exact) mass is 355 g/mol. The van der Waals surface area contributed by atoms with E-state index >= 15 is 0 Å². The van der Waals surface area contributed by atoms with Crippen LogP contribution in [0.4, 0.5) is 19.0 Å². The minimum absolute atomic E-state index is 0.376. The first kappa shape index (κ1) is 17.5. The zero-order valence-corrected chi connectivity index (χ0v) is 13.8. The molecule has 1 aliphatic carbocycles. The lowest BCUT2D eigenvalue weighted by atomic mass is 9.87. The quantitative estimate of drug-likeness (QED) is 0.874. The van der Waals surface area contributed by atoms with E-state index in [0.29, 0.717) is 11.7 Å². The number of aromatic nitrogens is 4. The van der Waals surface area contributed by atoms with Crippen LogP contribution < -0.4 is 5.32 Å². The summed E-state index contributed by atoms with van der Waals surface area (Å²) in [6.45, 7) is 1.48. The van der Waals surface area contributed by atoms with Gasteiger partial charge in [-0.05, 0) is 25.8 Å². The van der Waals surface area contributed by atoms with Crippen LogP contribution in [0.1, 0.15) is 62.4 Å². The Morgan fingerprint density at radius 1 is 1.36 bits per heavy atom. The highest BCUT2D eigenvalue weighted by molar-refractivity contribution is 5.92. The molecule has 1 saturated carbocycles. The van der Waals surface area contributed by atoms with E-state index in [2.05, 4.69) is 20.6 Å². The summed E-state index contributed by atoms with van der Waals surface area (Å²) in [5, 5.41) is 13.1. The number of carbonyl (C=O) groups excluding carboxylic acids is 1. The van der Waals surface area contributed by atoms with E-state index in [9.17, 15) is 18.0 Å². The van der Waals surface area contributed by atoms with Crippen molar-refractivity contribution in [3.63, 3.8) is 0 Å². The van der Waals surface area contributed by atoms with Gasteiger partial charge in [-0.3, -0.25) is 14.6 Å². The smallest absolute Gasteiger partial charge is 0.307 e. The highest BCUT2D eigenvalue weighted by Gasteiger charge is 2.34. The molecule has 2 N–H and O–H groups in total. The third-order valence-electron chi connectivity index (χ3n) is 4.57. The lowest BCUT2D eigenvalue weighted by Crippen LogP contribution is -2.24. The van der Waals surface area contributed by atoms with Crippen molar-refractivity contribution in [1.29, 1.82) is 0 Å². The predicted molar refractivity (Wildman–Crippen MR) is 85.0 cm³/mol. The molecule has 0 saturated heterocycles. The average molecular weight is 355 g/mol. The van der Waals surface area contributed by atoms with E-state index in [4.69, 9.17) is 0 Å². The molecule has 25 heavy (non-hydrogen) atoms. The van der Waals surface area contributed by atoms with Crippen molar-refractivity contribution >= 4 is 11.7 Å². The number of H-pyrrole nitrogens is 1. The second kappa shape index (κ2) is 6.89. The number of halogens is 3. The van der Waals surface area contributed by atoms with E-state index in [-0.39, 0.29) is 0 Å². The fourth-order valence-electron chi connectivity index (χ4n) is 3.08. The number of amides is 1. The molecule has 1 unspecified atom stereocenters. The van der Waals surface area contributed by atoms with Crippen molar-refractivity contribution in [2.24, 2.45) is 0 Å². The van der Waals surface area contributed by atoms with Crippen molar-refractivity contribution in [3.05, 3.63) is 29.7 Å². The van der Waals surface area contributed by atoms with Gasteiger partial charge in [-0.15, -0.1) is 0 Å². The Labute approximate surface area is 142 Å². The zero-order chi connectivity index (χ0) is 18.0. The van der Waals surface area contributed by atoms with Gasteiger partial charge in [0.25, 0.3) is 0 Å². The zero-order valence-electron chi connectivity index (χ0n) is 13.8.